The van der Waals surface area contributed by atoms with E-state index < -0.39 is 6.10 Å². The monoisotopic (exact) mass is 234 g/mol. The first-order valence-electron chi connectivity index (χ1n) is 5.50. The normalized spacial score (nSPS) is 18.9. The zero-order chi connectivity index (χ0) is 12.4. The lowest BCUT2D eigenvalue weighted by atomic mass is 10.0. The molecule has 4 heteroatoms. The van der Waals surface area contributed by atoms with E-state index >= 15 is 0 Å². The zero-order valence-electron chi connectivity index (χ0n) is 9.86. The molecule has 0 amide bonds. The number of Topliss-reactive ketones (excluding diaryl/α,β-unsaturated/α-hetero) is 1. The smallest absolute Gasteiger partial charge is 0.306 e. The fraction of sp³-hybridized carbons (Fsp3) is 0.385. The van der Waals surface area contributed by atoms with Gasteiger partial charge < -0.3 is 9.47 Å². The maximum absolute atomic E-state index is 12.0. The summed E-state index contributed by atoms with van der Waals surface area (Å²) in [5.41, 5.74) is 1.45. The molecular formula is C13H14O4. The Balaban J connectivity index is 2.20. The van der Waals surface area contributed by atoms with Crippen LogP contribution in [0, 0.1) is 6.92 Å². The number of esters is 1. The molecule has 1 saturated heterocycles. The molecule has 1 heterocycles. The van der Waals surface area contributed by atoms with Crippen LogP contribution in [0.4, 0.5) is 0 Å². The highest BCUT2D eigenvalue weighted by Crippen LogP contribution is 2.23. The second-order valence-electron chi connectivity index (χ2n) is 4.07. The van der Waals surface area contributed by atoms with Crippen LogP contribution < -0.4 is 4.74 Å². The van der Waals surface area contributed by atoms with Crippen molar-refractivity contribution in [3.8, 4) is 5.75 Å². The van der Waals surface area contributed by atoms with Gasteiger partial charge in [-0.3, -0.25) is 9.59 Å². The number of carbonyl (C=O) groups excluding carboxylic acids is 2. The van der Waals surface area contributed by atoms with Gasteiger partial charge in [-0.05, 0) is 30.7 Å². The first-order valence-corrected chi connectivity index (χ1v) is 5.50. The molecule has 1 atom stereocenters. The molecule has 1 aliphatic rings. The highest BCUT2D eigenvalue weighted by atomic mass is 16.6. The van der Waals surface area contributed by atoms with Crippen molar-refractivity contribution in [2.24, 2.45) is 0 Å². The summed E-state index contributed by atoms with van der Waals surface area (Å²) in [5, 5.41) is 0. The SMILES string of the molecule is COc1ccc(C(=O)C2CCC(=O)O2)cc1C. The van der Waals surface area contributed by atoms with Gasteiger partial charge in [0.2, 0.25) is 5.78 Å². The average molecular weight is 234 g/mol. The second kappa shape index (κ2) is 4.57. The fourth-order valence-corrected chi connectivity index (χ4v) is 1.93. The van der Waals surface area contributed by atoms with Crippen molar-refractivity contribution in [3.63, 3.8) is 0 Å². The van der Waals surface area contributed by atoms with Gasteiger partial charge in [0.05, 0.1) is 7.11 Å². The quantitative estimate of drug-likeness (QED) is 0.592. The third kappa shape index (κ3) is 2.30. The number of aryl methyl sites for hydroxylation is 1. The first kappa shape index (κ1) is 11.6. The lowest BCUT2D eigenvalue weighted by Gasteiger charge is -2.10. The van der Waals surface area contributed by atoms with Crippen LogP contribution in [0.3, 0.4) is 0 Å². The number of hydrogen-bond acceptors (Lipinski definition) is 4. The van der Waals surface area contributed by atoms with E-state index in [2.05, 4.69) is 0 Å². The molecule has 0 saturated carbocycles. The van der Waals surface area contributed by atoms with E-state index in [0.717, 1.165) is 11.3 Å². The Morgan fingerprint density at radius 1 is 1.47 bits per heavy atom. The predicted molar refractivity (Wildman–Crippen MR) is 61.2 cm³/mol. The van der Waals surface area contributed by atoms with Crippen LogP contribution in [0.2, 0.25) is 0 Å². The van der Waals surface area contributed by atoms with Gasteiger partial charge in [-0.1, -0.05) is 0 Å². The van der Waals surface area contributed by atoms with Crippen molar-refractivity contribution in [3.05, 3.63) is 29.3 Å². The summed E-state index contributed by atoms with van der Waals surface area (Å²) in [6.45, 7) is 1.87. The summed E-state index contributed by atoms with van der Waals surface area (Å²) in [4.78, 5) is 23.0. The zero-order valence-corrected chi connectivity index (χ0v) is 9.86. The summed E-state index contributed by atoms with van der Waals surface area (Å²) in [7, 11) is 1.59. The van der Waals surface area contributed by atoms with Crippen LogP contribution in [0.1, 0.15) is 28.8 Å². The molecule has 4 nitrogen and oxygen atoms in total. The van der Waals surface area contributed by atoms with Gasteiger partial charge in [-0.2, -0.15) is 0 Å². The molecule has 1 aromatic carbocycles. The van der Waals surface area contributed by atoms with Gasteiger partial charge in [-0.25, -0.2) is 0 Å². The van der Waals surface area contributed by atoms with Gasteiger partial charge in [0.1, 0.15) is 5.75 Å². The molecule has 2 rings (SSSR count). The van der Waals surface area contributed by atoms with Gasteiger partial charge in [0.15, 0.2) is 6.10 Å². The van der Waals surface area contributed by atoms with Gasteiger partial charge >= 0.3 is 5.97 Å². The van der Waals surface area contributed by atoms with E-state index in [4.69, 9.17) is 9.47 Å². The van der Waals surface area contributed by atoms with Crippen molar-refractivity contribution in [1.82, 2.24) is 0 Å². The number of rotatable bonds is 3. The number of ketones is 1. The molecular weight excluding hydrogens is 220 g/mol. The number of carbonyl (C=O) groups is 2. The summed E-state index contributed by atoms with van der Waals surface area (Å²) in [5.74, 6) is 0.306. The molecule has 90 valence electrons. The number of benzene rings is 1. The van der Waals surface area contributed by atoms with Gasteiger partial charge in [0, 0.05) is 18.4 Å². The largest absolute Gasteiger partial charge is 0.496 e. The van der Waals surface area contributed by atoms with Crippen molar-refractivity contribution < 1.29 is 19.1 Å². The maximum Gasteiger partial charge on any atom is 0.306 e. The Morgan fingerprint density at radius 2 is 2.24 bits per heavy atom. The molecule has 0 aromatic heterocycles. The summed E-state index contributed by atoms with van der Waals surface area (Å²) >= 11 is 0. The Kier molecular flexibility index (Phi) is 3.13. The van der Waals surface area contributed by atoms with E-state index in [1.165, 1.54) is 0 Å². The molecule has 1 unspecified atom stereocenters. The lowest BCUT2D eigenvalue weighted by molar-refractivity contribution is -0.140. The van der Waals surface area contributed by atoms with E-state index in [1.54, 1.807) is 25.3 Å². The molecule has 0 spiro atoms. The number of ether oxygens (including phenoxy) is 2. The fourth-order valence-electron chi connectivity index (χ4n) is 1.93. The highest BCUT2D eigenvalue weighted by Gasteiger charge is 2.30. The number of cyclic esters (lactones) is 1. The summed E-state index contributed by atoms with van der Waals surface area (Å²) in [6, 6.07) is 5.20. The van der Waals surface area contributed by atoms with E-state index in [-0.39, 0.29) is 11.8 Å². The first-order chi connectivity index (χ1) is 8.11. The minimum atomic E-state index is -0.615. The molecule has 1 aromatic rings. The molecule has 1 fully saturated rings. The standard InChI is InChI=1S/C13H14O4/c1-8-7-9(3-4-10(8)16-2)13(15)11-5-6-12(14)17-11/h3-4,7,11H,5-6H2,1-2H3. The van der Waals surface area contributed by atoms with Crippen molar-refractivity contribution in [1.29, 1.82) is 0 Å². The molecule has 1 aliphatic heterocycles. The predicted octanol–water partition coefficient (Wildman–Crippen LogP) is 1.89. The van der Waals surface area contributed by atoms with E-state index in [1.807, 2.05) is 6.92 Å². The van der Waals surface area contributed by atoms with Crippen LogP contribution >= 0.6 is 0 Å². The van der Waals surface area contributed by atoms with Crippen molar-refractivity contribution in [2.75, 3.05) is 7.11 Å². The summed E-state index contributed by atoms with van der Waals surface area (Å²) < 4.78 is 10.1. The van der Waals surface area contributed by atoms with E-state index in [0.29, 0.717) is 18.4 Å². The third-order valence-corrected chi connectivity index (χ3v) is 2.86. The van der Waals surface area contributed by atoms with Crippen LogP contribution in [-0.4, -0.2) is 25.0 Å². The van der Waals surface area contributed by atoms with E-state index in [9.17, 15) is 9.59 Å². The highest BCUT2D eigenvalue weighted by molar-refractivity contribution is 6.01. The number of methoxy groups -OCH3 is 1. The van der Waals surface area contributed by atoms with Gasteiger partial charge in [0.25, 0.3) is 0 Å². The van der Waals surface area contributed by atoms with Crippen LogP contribution in [0.5, 0.6) is 5.75 Å². The minimum Gasteiger partial charge on any atom is -0.496 e. The Bertz CT molecular complexity index is 464. The second-order valence-corrected chi connectivity index (χ2v) is 4.07. The average Bonchev–Trinajstić information content (AvgIpc) is 2.75. The minimum absolute atomic E-state index is 0.137. The molecule has 0 N–H and O–H groups in total. The van der Waals surface area contributed by atoms with Crippen LogP contribution in [0.15, 0.2) is 18.2 Å². The topological polar surface area (TPSA) is 52.6 Å². The van der Waals surface area contributed by atoms with Crippen LogP contribution in [-0.2, 0) is 9.53 Å². The van der Waals surface area contributed by atoms with Gasteiger partial charge in [-0.15, -0.1) is 0 Å². The lowest BCUT2D eigenvalue weighted by Crippen LogP contribution is -2.20. The van der Waals surface area contributed by atoms with Crippen molar-refractivity contribution >= 4 is 11.8 Å². The maximum atomic E-state index is 12.0. The molecule has 0 bridgehead atoms. The van der Waals surface area contributed by atoms with Crippen LogP contribution in [0.25, 0.3) is 0 Å². The molecule has 17 heavy (non-hydrogen) atoms. The molecule has 0 aliphatic carbocycles. The molecule has 0 radical (unpaired) electrons. The Hall–Kier alpha value is -1.84. The Morgan fingerprint density at radius 3 is 2.76 bits per heavy atom. The Labute approximate surface area is 99.5 Å². The third-order valence-electron chi connectivity index (χ3n) is 2.86. The van der Waals surface area contributed by atoms with Crippen molar-refractivity contribution in [2.45, 2.75) is 25.9 Å². The summed E-state index contributed by atoms with van der Waals surface area (Å²) in [6.07, 6.45) is 0.184. The number of hydrogen-bond donors (Lipinski definition) is 0.